The smallest absolute Gasteiger partial charge is 0.318 e. The molecule has 2 fully saturated rings. The molecular weight excluding hydrogens is 586 g/mol. The van der Waals surface area contributed by atoms with Crippen LogP contribution in [-0.4, -0.2) is 92.6 Å². The number of aromatic nitrogens is 2. The molecule has 1 saturated heterocycles. The van der Waals surface area contributed by atoms with Crippen molar-refractivity contribution in [2.75, 3.05) is 62.7 Å². The van der Waals surface area contributed by atoms with Gasteiger partial charge in [0.15, 0.2) is 0 Å². The Balaban J connectivity index is 1.32. The number of benzene rings is 2. The van der Waals surface area contributed by atoms with E-state index in [1.54, 1.807) is 0 Å². The summed E-state index contributed by atoms with van der Waals surface area (Å²) in [7, 11) is -1.51. The summed E-state index contributed by atoms with van der Waals surface area (Å²) < 4.78 is 33.2. The summed E-state index contributed by atoms with van der Waals surface area (Å²) in [5.74, 6) is 1.58. The highest BCUT2D eigenvalue weighted by molar-refractivity contribution is 7.92. The average molecular weight is 630 g/mol. The molecule has 1 saturated carbocycles. The molecule has 0 bridgehead atoms. The Morgan fingerprint density at radius 3 is 2.67 bits per heavy atom. The Bertz CT molecular complexity index is 1710. The summed E-state index contributed by atoms with van der Waals surface area (Å²) in [6.07, 6.45) is 3.35. The van der Waals surface area contributed by atoms with Crippen molar-refractivity contribution in [1.29, 1.82) is 0 Å². The number of piperazine rings is 1. The fourth-order valence-corrected chi connectivity index (χ4v) is 7.69. The molecular formula is C34H43N7O3S. The summed E-state index contributed by atoms with van der Waals surface area (Å²) >= 11 is 0. The molecule has 1 aliphatic carbocycles. The minimum Gasteiger partial charge on any atom is -0.462 e. The molecule has 3 aromatic rings. The Morgan fingerprint density at radius 2 is 1.93 bits per heavy atom. The van der Waals surface area contributed by atoms with E-state index >= 15 is 0 Å². The van der Waals surface area contributed by atoms with Crippen LogP contribution in [0.5, 0.6) is 6.01 Å². The lowest BCUT2D eigenvalue weighted by Crippen LogP contribution is -2.56. The van der Waals surface area contributed by atoms with E-state index in [9.17, 15) is 8.42 Å². The van der Waals surface area contributed by atoms with E-state index in [0.717, 1.165) is 47.9 Å². The van der Waals surface area contributed by atoms with Gasteiger partial charge in [0, 0.05) is 60.8 Å². The SMILES string of the molecule is [C-]#[N+]C[C@H]1CN(c2nc(OC[C@H](C)N(C)CC3CC3)nc3c2CCN(c2cccc4cccc(C)c24)C3)CCN1S(=O)(=O)C=C. The monoisotopic (exact) mass is 629 g/mol. The molecule has 3 aliphatic rings. The van der Waals surface area contributed by atoms with Crippen LogP contribution < -0.4 is 14.5 Å². The van der Waals surface area contributed by atoms with Crippen molar-refractivity contribution in [3.63, 3.8) is 0 Å². The van der Waals surface area contributed by atoms with Gasteiger partial charge in [-0.15, -0.1) is 0 Å². The molecule has 0 radical (unpaired) electrons. The molecule has 0 unspecified atom stereocenters. The molecule has 45 heavy (non-hydrogen) atoms. The lowest BCUT2D eigenvalue weighted by molar-refractivity contribution is 0.160. The average Bonchev–Trinajstić information content (AvgIpc) is 3.87. The van der Waals surface area contributed by atoms with Gasteiger partial charge in [-0.05, 0) is 63.1 Å². The standard InChI is InChI=1S/C34H43N7O3S/c1-6-45(42,43)41-18-17-40(21-28(41)19-35-4)33-29-15-16-39(31-12-8-11-27-10-7-9-24(2)32(27)31)22-30(29)36-34(37-33)44-23-25(3)38(5)20-26-13-14-26/h6-12,25-26,28H,1,13-23H2,2-3,5H3/t25-,28-/m0/s1. The zero-order valence-corrected chi connectivity index (χ0v) is 27.3. The second kappa shape index (κ2) is 12.9. The molecule has 238 valence electrons. The van der Waals surface area contributed by atoms with E-state index in [1.807, 2.05) is 0 Å². The van der Waals surface area contributed by atoms with Gasteiger partial charge in [-0.2, -0.15) is 14.3 Å². The molecule has 0 amide bonds. The molecule has 0 N–H and O–H groups in total. The first-order chi connectivity index (χ1) is 21.7. The maximum atomic E-state index is 12.8. The van der Waals surface area contributed by atoms with E-state index in [2.05, 4.69) is 83.4 Å². The van der Waals surface area contributed by atoms with Crippen LogP contribution in [0, 0.1) is 19.4 Å². The molecule has 6 rings (SSSR count). The number of hydrogen-bond acceptors (Lipinski definition) is 8. The van der Waals surface area contributed by atoms with Crippen LogP contribution in [-0.2, 0) is 23.0 Å². The molecule has 10 nitrogen and oxygen atoms in total. The predicted octanol–water partition coefficient (Wildman–Crippen LogP) is 4.49. The van der Waals surface area contributed by atoms with Crippen molar-refractivity contribution in [3.05, 3.63) is 76.6 Å². The van der Waals surface area contributed by atoms with Crippen LogP contribution >= 0.6 is 0 Å². The number of hydrogen-bond donors (Lipinski definition) is 0. The Labute approximate surface area is 267 Å². The summed E-state index contributed by atoms with van der Waals surface area (Å²) in [4.78, 5) is 20.4. The first kappa shape index (κ1) is 31.3. The zero-order valence-electron chi connectivity index (χ0n) is 26.5. The lowest BCUT2D eigenvalue weighted by Gasteiger charge is -2.40. The summed E-state index contributed by atoms with van der Waals surface area (Å²) in [5, 5.41) is 3.44. The second-order valence-corrected chi connectivity index (χ2v) is 14.5. The van der Waals surface area contributed by atoms with Crippen molar-refractivity contribution < 1.29 is 13.2 Å². The first-order valence-corrected chi connectivity index (χ1v) is 17.4. The Kier molecular flexibility index (Phi) is 9.00. The largest absolute Gasteiger partial charge is 0.462 e. The maximum Gasteiger partial charge on any atom is 0.318 e. The van der Waals surface area contributed by atoms with Gasteiger partial charge in [0.2, 0.25) is 16.6 Å². The van der Waals surface area contributed by atoms with Gasteiger partial charge < -0.3 is 24.3 Å². The third-order valence-corrected chi connectivity index (χ3v) is 11.0. The van der Waals surface area contributed by atoms with Crippen LogP contribution in [0.3, 0.4) is 0 Å². The number of rotatable bonds is 11. The highest BCUT2D eigenvalue weighted by Gasteiger charge is 2.38. The minimum atomic E-state index is -3.66. The molecule has 1 aromatic heterocycles. The summed E-state index contributed by atoms with van der Waals surface area (Å²) in [6, 6.07) is 12.9. The van der Waals surface area contributed by atoms with E-state index in [4.69, 9.17) is 21.3 Å². The molecule has 0 spiro atoms. The molecule has 2 atom stereocenters. The highest BCUT2D eigenvalue weighted by Crippen LogP contribution is 2.36. The van der Waals surface area contributed by atoms with Gasteiger partial charge in [-0.3, -0.25) is 0 Å². The van der Waals surface area contributed by atoms with Crippen LogP contribution in [0.1, 0.15) is 36.6 Å². The van der Waals surface area contributed by atoms with Crippen molar-refractivity contribution >= 4 is 32.3 Å². The number of fused-ring (bicyclic) bond motifs is 2. The fraction of sp³-hybridized carbons (Fsp3) is 0.500. The predicted molar refractivity (Wildman–Crippen MR) is 179 cm³/mol. The van der Waals surface area contributed by atoms with E-state index in [-0.39, 0.29) is 19.1 Å². The van der Waals surface area contributed by atoms with Crippen molar-refractivity contribution in [1.82, 2.24) is 19.2 Å². The number of likely N-dealkylation sites (N-methyl/N-ethyl adjacent to an activating group) is 1. The third kappa shape index (κ3) is 6.64. The van der Waals surface area contributed by atoms with Gasteiger partial charge in [-0.1, -0.05) is 36.9 Å². The van der Waals surface area contributed by atoms with Crippen molar-refractivity contribution in [2.24, 2.45) is 5.92 Å². The van der Waals surface area contributed by atoms with Gasteiger partial charge in [0.05, 0.1) is 12.2 Å². The van der Waals surface area contributed by atoms with Gasteiger partial charge in [0.1, 0.15) is 18.5 Å². The minimum absolute atomic E-state index is 0.0687. The molecule has 3 heterocycles. The number of aryl methyl sites for hydroxylation is 1. The van der Waals surface area contributed by atoms with Crippen LogP contribution in [0.15, 0.2) is 48.4 Å². The van der Waals surface area contributed by atoms with Gasteiger partial charge in [0.25, 0.3) is 0 Å². The number of anilines is 2. The Hall–Kier alpha value is -3.72. The summed E-state index contributed by atoms with van der Waals surface area (Å²) in [6.45, 7) is 19.4. The quantitative estimate of drug-likeness (QED) is 0.287. The first-order valence-electron chi connectivity index (χ1n) is 15.9. The molecule has 11 heteroatoms. The molecule has 2 aliphatic heterocycles. The Morgan fingerprint density at radius 1 is 1.16 bits per heavy atom. The lowest BCUT2D eigenvalue weighted by atomic mass is 9.99. The number of ether oxygens (including phenoxy) is 1. The molecule has 2 aromatic carbocycles. The topological polar surface area (TPSA) is 86.5 Å². The van der Waals surface area contributed by atoms with Gasteiger partial charge >= 0.3 is 6.01 Å². The van der Waals surface area contributed by atoms with E-state index in [0.29, 0.717) is 32.3 Å². The van der Waals surface area contributed by atoms with Crippen LogP contribution in [0.25, 0.3) is 15.6 Å². The number of nitrogens with zero attached hydrogens (tertiary/aromatic N) is 7. The second-order valence-electron chi connectivity index (χ2n) is 12.7. The van der Waals surface area contributed by atoms with E-state index < -0.39 is 16.1 Å². The van der Waals surface area contributed by atoms with Crippen molar-refractivity contribution in [3.8, 4) is 6.01 Å². The number of sulfonamides is 1. The van der Waals surface area contributed by atoms with Crippen molar-refractivity contribution in [2.45, 2.75) is 51.7 Å². The van der Waals surface area contributed by atoms with Crippen LogP contribution in [0.2, 0.25) is 0 Å². The van der Waals surface area contributed by atoms with Gasteiger partial charge in [-0.25, -0.2) is 15.0 Å². The summed E-state index contributed by atoms with van der Waals surface area (Å²) in [5.41, 5.74) is 4.42. The van der Waals surface area contributed by atoms with E-state index in [1.165, 1.54) is 39.2 Å². The third-order valence-electron chi connectivity index (χ3n) is 9.47. The maximum absolute atomic E-state index is 12.8. The zero-order chi connectivity index (χ0) is 31.7. The highest BCUT2D eigenvalue weighted by atomic mass is 32.2. The van der Waals surface area contributed by atoms with Crippen LogP contribution in [0.4, 0.5) is 11.5 Å². The fourth-order valence-electron chi connectivity index (χ4n) is 6.62. The normalized spacial score (nSPS) is 19.8.